The minimum absolute atomic E-state index is 0.151. The lowest BCUT2D eigenvalue weighted by molar-refractivity contribution is -0.122. The van der Waals surface area contributed by atoms with Crippen LogP contribution >= 0.6 is 11.6 Å². The fourth-order valence-electron chi connectivity index (χ4n) is 5.22. The van der Waals surface area contributed by atoms with Gasteiger partial charge >= 0.3 is 0 Å². The predicted octanol–water partition coefficient (Wildman–Crippen LogP) is 5.79. The molecule has 6 nitrogen and oxygen atoms in total. The fourth-order valence-corrected chi connectivity index (χ4v) is 7.50. The van der Waals surface area contributed by atoms with Crippen molar-refractivity contribution in [2.45, 2.75) is 77.2 Å². The third kappa shape index (κ3) is 5.01. The second-order valence-corrected chi connectivity index (χ2v) is 12.1. The van der Waals surface area contributed by atoms with Gasteiger partial charge in [-0.2, -0.15) is 4.31 Å². The molecule has 0 aromatic heterocycles. The molecule has 1 fully saturated rings. The zero-order valence-electron chi connectivity index (χ0n) is 21.3. The van der Waals surface area contributed by atoms with Gasteiger partial charge in [-0.05, 0) is 106 Å². The van der Waals surface area contributed by atoms with Crippen molar-refractivity contribution in [2.75, 3.05) is 11.4 Å². The Morgan fingerprint density at radius 2 is 1.64 bits per heavy atom. The second kappa shape index (κ2) is 10.5. The molecule has 0 radical (unpaired) electrons. The molecule has 2 aliphatic rings. The van der Waals surface area contributed by atoms with Gasteiger partial charge in [-0.25, -0.2) is 13.3 Å². The molecule has 2 aromatic rings. The van der Waals surface area contributed by atoms with Gasteiger partial charge in [-0.3, -0.25) is 9.59 Å². The lowest BCUT2D eigenvalue weighted by atomic mass is 9.97. The summed E-state index contributed by atoms with van der Waals surface area (Å²) in [5, 5.41) is 0.486. The van der Waals surface area contributed by atoms with Crippen molar-refractivity contribution in [1.82, 2.24) is 4.31 Å². The number of carbonyl (C=O) groups excluding carboxylic acids is 2. The summed E-state index contributed by atoms with van der Waals surface area (Å²) in [6, 6.07) is 7.30. The molecular formula is C28H33ClN2O4S. The zero-order valence-corrected chi connectivity index (χ0v) is 22.9. The third-order valence-corrected chi connectivity index (χ3v) is 9.89. The quantitative estimate of drug-likeness (QED) is 0.337. The molecule has 8 heteroatoms. The lowest BCUT2D eigenvalue weighted by Gasteiger charge is -2.29. The van der Waals surface area contributed by atoms with Gasteiger partial charge in [0.15, 0.2) is 0 Å². The molecule has 2 amide bonds. The molecule has 2 aromatic carbocycles. The first-order valence-electron chi connectivity index (χ1n) is 12.4. The van der Waals surface area contributed by atoms with E-state index >= 15 is 0 Å². The molecule has 36 heavy (non-hydrogen) atoms. The summed E-state index contributed by atoms with van der Waals surface area (Å²) in [6.45, 7) is 7.55. The molecule has 1 aliphatic heterocycles. The summed E-state index contributed by atoms with van der Waals surface area (Å²) in [5.41, 5.74) is 4.70. The van der Waals surface area contributed by atoms with E-state index in [0.717, 1.165) is 41.7 Å². The standard InChI is InChI=1S/C28H33ClN2O4S/c1-18-16-19(2)21(4)27(20(18)3)36(34,35)30(15-14-22-8-6-5-7-9-22)25-17-26(32)31(28(25)33)24-12-10-23(29)11-13-24/h8,10-13,16,25H,5-7,9,14-15,17H2,1-4H3. The molecule has 0 spiro atoms. The predicted molar refractivity (Wildman–Crippen MR) is 143 cm³/mol. The SMILES string of the molecule is Cc1cc(C)c(C)c(S(=O)(=O)N(CCC2=CCCCC2)C2CC(=O)N(c3ccc(Cl)cc3)C2=O)c1C. The van der Waals surface area contributed by atoms with Crippen LogP contribution in [0.2, 0.25) is 5.02 Å². The Hall–Kier alpha value is -2.48. The Kier molecular flexibility index (Phi) is 7.74. The van der Waals surface area contributed by atoms with Crippen LogP contribution in [0.3, 0.4) is 0 Å². The summed E-state index contributed by atoms with van der Waals surface area (Å²) in [5.74, 6) is -0.943. The van der Waals surface area contributed by atoms with Crippen molar-refractivity contribution < 1.29 is 18.0 Å². The Morgan fingerprint density at radius 3 is 2.22 bits per heavy atom. The van der Waals surface area contributed by atoms with Crippen LogP contribution in [0, 0.1) is 27.7 Å². The van der Waals surface area contributed by atoms with Crippen LogP contribution in [-0.4, -0.2) is 37.1 Å². The van der Waals surface area contributed by atoms with Crippen LogP contribution in [0.25, 0.3) is 0 Å². The van der Waals surface area contributed by atoms with Gasteiger partial charge in [-0.15, -0.1) is 0 Å². The average molecular weight is 529 g/mol. The van der Waals surface area contributed by atoms with Crippen LogP contribution in [0.15, 0.2) is 46.9 Å². The van der Waals surface area contributed by atoms with Crippen LogP contribution in [-0.2, 0) is 19.6 Å². The number of allylic oxidation sites excluding steroid dienone is 1. The minimum Gasteiger partial charge on any atom is -0.274 e. The van der Waals surface area contributed by atoms with Crippen molar-refractivity contribution in [3.63, 3.8) is 0 Å². The third-order valence-electron chi connectivity index (χ3n) is 7.46. The number of nitrogens with zero attached hydrogens (tertiary/aromatic N) is 2. The van der Waals surface area contributed by atoms with Crippen molar-refractivity contribution in [1.29, 1.82) is 0 Å². The molecule has 192 valence electrons. The number of carbonyl (C=O) groups is 2. The van der Waals surface area contributed by atoms with E-state index in [4.69, 9.17) is 11.6 Å². The zero-order chi connectivity index (χ0) is 26.2. The highest BCUT2D eigenvalue weighted by Gasteiger charge is 2.47. The van der Waals surface area contributed by atoms with E-state index in [1.165, 1.54) is 9.88 Å². The molecule has 1 aliphatic carbocycles. The first-order chi connectivity index (χ1) is 17.0. The van der Waals surface area contributed by atoms with Crippen molar-refractivity contribution >= 4 is 39.1 Å². The molecular weight excluding hydrogens is 496 g/mol. The Balaban J connectivity index is 1.77. The van der Waals surface area contributed by atoms with Gasteiger partial charge in [0.05, 0.1) is 17.0 Å². The number of imide groups is 1. The summed E-state index contributed by atoms with van der Waals surface area (Å²) in [4.78, 5) is 28.0. The summed E-state index contributed by atoms with van der Waals surface area (Å²) in [6.07, 6.45) is 6.68. The van der Waals surface area contributed by atoms with E-state index in [0.29, 0.717) is 28.3 Å². The molecule has 1 unspecified atom stereocenters. The Labute approximate surface area is 219 Å². The van der Waals surface area contributed by atoms with Crippen LogP contribution in [0.4, 0.5) is 5.69 Å². The molecule has 1 saturated heterocycles. The van der Waals surface area contributed by atoms with Crippen LogP contribution < -0.4 is 4.90 Å². The molecule has 4 rings (SSSR count). The highest BCUT2D eigenvalue weighted by atomic mass is 35.5. The molecule has 1 atom stereocenters. The average Bonchev–Trinajstić information content (AvgIpc) is 3.12. The van der Waals surface area contributed by atoms with Gasteiger partial charge in [0, 0.05) is 11.6 Å². The number of anilines is 1. The number of rotatable bonds is 7. The largest absolute Gasteiger partial charge is 0.274 e. The number of amides is 2. The van der Waals surface area contributed by atoms with Crippen LogP contribution in [0.5, 0.6) is 0 Å². The van der Waals surface area contributed by atoms with Crippen molar-refractivity contribution in [3.8, 4) is 0 Å². The van der Waals surface area contributed by atoms with Gasteiger partial charge in [-0.1, -0.05) is 29.3 Å². The van der Waals surface area contributed by atoms with E-state index < -0.39 is 27.9 Å². The number of benzene rings is 2. The number of sulfonamides is 1. The normalized spacial score (nSPS) is 18.8. The smallest absolute Gasteiger partial charge is 0.252 e. The summed E-state index contributed by atoms with van der Waals surface area (Å²) >= 11 is 5.99. The highest BCUT2D eigenvalue weighted by molar-refractivity contribution is 7.89. The first-order valence-corrected chi connectivity index (χ1v) is 14.2. The van der Waals surface area contributed by atoms with E-state index in [-0.39, 0.29) is 17.9 Å². The number of hydrogen-bond acceptors (Lipinski definition) is 4. The Morgan fingerprint density at radius 1 is 1.00 bits per heavy atom. The van der Waals surface area contributed by atoms with Crippen molar-refractivity contribution in [3.05, 3.63) is 69.3 Å². The minimum atomic E-state index is -4.08. The lowest BCUT2D eigenvalue weighted by Crippen LogP contribution is -2.46. The molecule has 0 bridgehead atoms. The topological polar surface area (TPSA) is 74.8 Å². The highest BCUT2D eigenvalue weighted by Crippen LogP contribution is 2.34. The van der Waals surface area contributed by atoms with Crippen LogP contribution in [0.1, 0.15) is 60.8 Å². The number of aryl methyl sites for hydroxylation is 2. The van der Waals surface area contributed by atoms with Gasteiger partial charge in [0.1, 0.15) is 6.04 Å². The first kappa shape index (κ1) is 26.6. The summed E-state index contributed by atoms with van der Waals surface area (Å²) in [7, 11) is -4.08. The van der Waals surface area contributed by atoms with E-state index in [1.54, 1.807) is 38.1 Å². The number of hydrogen-bond donors (Lipinski definition) is 0. The van der Waals surface area contributed by atoms with Crippen molar-refractivity contribution in [2.24, 2.45) is 0 Å². The number of halogens is 1. The van der Waals surface area contributed by atoms with E-state index in [1.807, 2.05) is 19.9 Å². The van der Waals surface area contributed by atoms with Gasteiger partial charge in [0.2, 0.25) is 15.9 Å². The van der Waals surface area contributed by atoms with Gasteiger partial charge in [0.25, 0.3) is 5.91 Å². The molecule has 0 saturated carbocycles. The molecule has 1 heterocycles. The summed E-state index contributed by atoms with van der Waals surface area (Å²) < 4.78 is 29.9. The second-order valence-electron chi connectivity index (χ2n) is 9.83. The maximum atomic E-state index is 14.3. The maximum absolute atomic E-state index is 14.3. The Bertz CT molecular complexity index is 1310. The molecule has 0 N–H and O–H groups in total. The van der Waals surface area contributed by atoms with Gasteiger partial charge < -0.3 is 0 Å². The van der Waals surface area contributed by atoms with E-state index in [2.05, 4.69) is 6.08 Å². The monoisotopic (exact) mass is 528 g/mol. The fraction of sp³-hybridized carbons (Fsp3) is 0.429. The maximum Gasteiger partial charge on any atom is 0.252 e. The van der Waals surface area contributed by atoms with E-state index in [9.17, 15) is 18.0 Å².